The zero-order valence-corrected chi connectivity index (χ0v) is 10.8. The van der Waals surface area contributed by atoms with Gasteiger partial charge in [0, 0.05) is 23.9 Å². The van der Waals surface area contributed by atoms with Gasteiger partial charge in [0.1, 0.15) is 0 Å². The van der Waals surface area contributed by atoms with E-state index < -0.39 is 0 Å². The third-order valence-corrected chi connectivity index (χ3v) is 3.89. The minimum Gasteiger partial charge on any atom is -0.294 e. The Morgan fingerprint density at radius 2 is 2.24 bits per heavy atom. The molecule has 0 aromatic carbocycles. The number of rotatable bonds is 3. The standard InChI is InChI=1S/C15H21NO/c1-3-12-5-4-6-13(8-12)15(17)14-7-11(2)9-16-10-14/h7,9-10,12-13H,3-6,8H2,1-2H3. The van der Waals surface area contributed by atoms with Gasteiger partial charge in [-0.05, 0) is 37.3 Å². The Morgan fingerprint density at radius 1 is 1.41 bits per heavy atom. The average Bonchev–Trinajstić information content (AvgIpc) is 2.38. The van der Waals surface area contributed by atoms with E-state index in [1.807, 2.05) is 13.0 Å². The summed E-state index contributed by atoms with van der Waals surface area (Å²) < 4.78 is 0. The molecule has 1 saturated carbocycles. The Kier molecular flexibility index (Phi) is 3.93. The lowest BCUT2D eigenvalue weighted by molar-refractivity contribution is 0.0861. The molecule has 0 bridgehead atoms. The second-order valence-electron chi connectivity index (χ2n) is 5.25. The van der Waals surface area contributed by atoms with Crippen LogP contribution in [-0.4, -0.2) is 10.8 Å². The van der Waals surface area contributed by atoms with Crippen LogP contribution in [0.15, 0.2) is 18.5 Å². The maximum atomic E-state index is 12.4. The first kappa shape index (κ1) is 12.3. The quantitative estimate of drug-likeness (QED) is 0.741. The third kappa shape index (κ3) is 2.93. The summed E-state index contributed by atoms with van der Waals surface area (Å²) >= 11 is 0. The number of pyridine rings is 1. The second kappa shape index (κ2) is 5.44. The molecule has 1 heterocycles. The number of ketones is 1. The van der Waals surface area contributed by atoms with Gasteiger partial charge in [-0.2, -0.15) is 0 Å². The highest BCUT2D eigenvalue weighted by molar-refractivity contribution is 5.97. The van der Waals surface area contributed by atoms with Gasteiger partial charge in [0.05, 0.1) is 0 Å². The number of Topliss-reactive ketones (excluding diaryl/α,β-unsaturated/α-hetero) is 1. The molecule has 17 heavy (non-hydrogen) atoms. The highest BCUT2D eigenvalue weighted by Gasteiger charge is 2.27. The molecule has 1 aliphatic carbocycles. The molecule has 0 aliphatic heterocycles. The highest BCUT2D eigenvalue weighted by Crippen LogP contribution is 2.32. The fraction of sp³-hybridized carbons (Fsp3) is 0.600. The van der Waals surface area contributed by atoms with Crippen molar-refractivity contribution in [1.82, 2.24) is 4.98 Å². The normalized spacial score (nSPS) is 24.6. The van der Waals surface area contributed by atoms with Crippen LogP contribution < -0.4 is 0 Å². The van der Waals surface area contributed by atoms with Crippen molar-refractivity contribution in [2.75, 3.05) is 0 Å². The zero-order valence-electron chi connectivity index (χ0n) is 10.8. The number of hydrogen-bond donors (Lipinski definition) is 0. The minimum absolute atomic E-state index is 0.234. The number of aryl methyl sites for hydroxylation is 1. The number of carbonyl (C=O) groups is 1. The molecule has 2 rings (SSSR count). The van der Waals surface area contributed by atoms with E-state index in [0.717, 1.165) is 29.9 Å². The van der Waals surface area contributed by atoms with Crippen molar-refractivity contribution in [3.8, 4) is 0 Å². The second-order valence-corrected chi connectivity index (χ2v) is 5.25. The molecule has 0 amide bonds. The molecular weight excluding hydrogens is 210 g/mol. The molecule has 0 radical (unpaired) electrons. The molecule has 92 valence electrons. The molecule has 1 aromatic heterocycles. The molecule has 1 fully saturated rings. The van der Waals surface area contributed by atoms with E-state index in [2.05, 4.69) is 11.9 Å². The van der Waals surface area contributed by atoms with Crippen LogP contribution in [0.2, 0.25) is 0 Å². The fourth-order valence-corrected chi connectivity index (χ4v) is 2.83. The summed E-state index contributed by atoms with van der Waals surface area (Å²) in [6.07, 6.45) is 9.35. The summed E-state index contributed by atoms with van der Waals surface area (Å²) in [6.45, 7) is 4.21. The number of carbonyl (C=O) groups excluding carboxylic acids is 1. The van der Waals surface area contributed by atoms with Crippen LogP contribution in [0.5, 0.6) is 0 Å². The van der Waals surface area contributed by atoms with E-state index in [1.165, 1.54) is 19.3 Å². The van der Waals surface area contributed by atoms with Crippen LogP contribution in [0.1, 0.15) is 54.9 Å². The van der Waals surface area contributed by atoms with Gasteiger partial charge in [0.2, 0.25) is 0 Å². The summed E-state index contributed by atoms with van der Waals surface area (Å²) in [5.41, 5.74) is 1.87. The van der Waals surface area contributed by atoms with Crippen LogP contribution in [0, 0.1) is 18.8 Å². The van der Waals surface area contributed by atoms with Crippen LogP contribution in [0.3, 0.4) is 0 Å². The predicted octanol–water partition coefficient (Wildman–Crippen LogP) is 3.79. The summed E-state index contributed by atoms with van der Waals surface area (Å²) in [7, 11) is 0. The molecular formula is C15H21NO. The van der Waals surface area contributed by atoms with E-state index >= 15 is 0 Å². The van der Waals surface area contributed by atoms with Crippen molar-refractivity contribution >= 4 is 5.78 Å². The maximum Gasteiger partial charge on any atom is 0.167 e. The van der Waals surface area contributed by atoms with E-state index in [-0.39, 0.29) is 5.92 Å². The van der Waals surface area contributed by atoms with Gasteiger partial charge in [0.25, 0.3) is 0 Å². The number of nitrogens with zero attached hydrogens (tertiary/aromatic N) is 1. The topological polar surface area (TPSA) is 30.0 Å². The molecule has 2 atom stereocenters. The molecule has 0 N–H and O–H groups in total. The van der Waals surface area contributed by atoms with Crippen molar-refractivity contribution in [1.29, 1.82) is 0 Å². The minimum atomic E-state index is 0.234. The molecule has 0 spiro atoms. The zero-order chi connectivity index (χ0) is 12.3. The van der Waals surface area contributed by atoms with Gasteiger partial charge in [-0.3, -0.25) is 9.78 Å². The summed E-state index contributed by atoms with van der Waals surface area (Å²) in [5.74, 6) is 1.28. The Bertz CT molecular complexity index is 400. The molecule has 0 saturated heterocycles. The van der Waals surface area contributed by atoms with E-state index in [9.17, 15) is 4.79 Å². The SMILES string of the molecule is CCC1CCCC(C(=O)c2cncc(C)c2)C1. The smallest absolute Gasteiger partial charge is 0.167 e. The third-order valence-electron chi connectivity index (χ3n) is 3.89. The van der Waals surface area contributed by atoms with Gasteiger partial charge in [-0.15, -0.1) is 0 Å². The monoisotopic (exact) mass is 231 g/mol. The van der Waals surface area contributed by atoms with Crippen molar-refractivity contribution in [2.24, 2.45) is 11.8 Å². The van der Waals surface area contributed by atoms with E-state index in [4.69, 9.17) is 0 Å². The summed E-state index contributed by atoms with van der Waals surface area (Å²) in [6, 6.07) is 1.96. The maximum absolute atomic E-state index is 12.4. The van der Waals surface area contributed by atoms with Gasteiger partial charge < -0.3 is 0 Å². The van der Waals surface area contributed by atoms with Crippen LogP contribution >= 0.6 is 0 Å². The average molecular weight is 231 g/mol. The Labute approximate surface area is 103 Å². The van der Waals surface area contributed by atoms with Gasteiger partial charge >= 0.3 is 0 Å². The predicted molar refractivity (Wildman–Crippen MR) is 69.0 cm³/mol. The largest absolute Gasteiger partial charge is 0.294 e. The van der Waals surface area contributed by atoms with E-state index in [1.54, 1.807) is 12.4 Å². The summed E-state index contributed by atoms with van der Waals surface area (Å²) in [4.78, 5) is 16.5. The van der Waals surface area contributed by atoms with Crippen molar-refractivity contribution < 1.29 is 4.79 Å². The first-order chi connectivity index (χ1) is 8.20. The highest BCUT2D eigenvalue weighted by atomic mass is 16.1. The first-order valence-corrected chi connectivity index (χ1v) is 6.66. The van der Waals surface area contributed by atoms with E-state index in [0.29, 0.717) is 5.78 Å². The van der Waals surface area contributed by atoms with Crippen molar-refractivity contribution in [3.05, 3.63) is 29.6 Å². The van der Waals surface area contributed by atoms with Gasteiger partial charge in [-0.1, -0.05) is 26.2 Å². The lowest BCUT2D eigenvalue weighted by Crippen LogP contribution is -2.23. The first-order valence-electron chi connectivity index (χ1n) is 6.66. The van der Waals surface area contributed by atoms with Crippen molar-refractivity contribution in [3.63, 3.8) is 0 Å². The fourth-order valence-electron chi connectivity index (χ4n) is 2.83. The Morgan fingerprint density at radius 3 is 2.94 bits per heavy atom. The number of aromatic nitrogens is 1. The Hall–Kier alpha value is -1.18. The lowest BCUT2D eigenvalue weighted by atomic mass is 9.77. The van der Waals surface area contributed by atoms with Crippen molar-refractivity contribution in [2.45, 2.75) is 46.0 Å². The lowest BCUT2D eigenvalue weighted by Gasteiger charge is -2.27. The summed E-state index contributed by atoms with van der Waals surface area (Å²) in [5, 5.41) is 0. The Balaban J connectivity index is 2.09. The van der Waals surface area contributed by atoms with Crippen LogP contribution in [-0.2, 0) is 0 Å². The molecule has 2 nitrogen and oxygen atoms in total. The molecule has 2 heteroatoms. The molecule has 1 aliphatic rings. The van der Waals surface area contributed by atoms with Gasteiger partial charge in [-0.25, -0.2) is 0 Å². The van der Waals surface area contributed by atoms with Crippen LogP contribution in [0.25, 0.3) is 0 Å². The van der Waals surface area contributed by atoms with Crippen LogP contribution in [0.4, 0.5) is 0 Å². The van der Waals surface area contributed by atoms with Gasteiger partial charge in [0.15, 0.2) is 5.78 Å². The number of hydrogen-bond acceptors (Lipinski definition) is 2. The molecule has 2 unspecified atom stereocenters. The molecule has 1 aromatic rings.